The van der Waals surface area contributed by atoms with Crippen LogP contribution in [-0.4, -0.2) is 26.8 Å². The number of aromatic nitrogens is 4. The Labute approximate surface area is 140 Å². The second-order valence-electron chi connectivity index (χ2n) is 6.08. The highest BCUT2D eigenvalue weighted by Crippen LogP contribution is 2.31. The molecule has 4 aromatic rings. The van der Waals surface area contributed by atoms with Gasteiger partial charge >= 0.3 is 0 Å². The van der Waals surface area contributed by atoms with Crippen LogP contribution < -0.4 is 4.90 Å². The third-order valence-electron chi connectivity index (χ3n) is 4.51. The summed E-state index contributed by atoms with van der Waals surface area (Å²) in [5.74, 6) is 1.68. The molecule has 24 heavy (non-hydrogen) atoms. The molecule has 5 nitrogen and oxygen atoms in total. The number of nitrogens with zero attached hydrogens (tertiary/aromatic N) is 5. The Morgan fingerprint density at radius 2 is 1.71 bits per heavy atom. The van der Waals surface area contributed by atoms with Gasteiger partial charge in [0.05, 0.1) is 11.0 Å². The van der Waals surface area contributed by atoms with E-state index in [2.05, 4.69) is 51.2 Å². The summed E-state index contributed by atoms with van der Waals surface area (Å²) in [6.45, 7) is 4.01. The van der Waals surface area contributed by atoms with Crippen molar-refractivity contribution in [1.29, 1.82) is 0 Å². The summed E-state index contributed by atoms with van der Waals surface area (Å²) >= 11 is 0. The number of hydrogen-bond donors (Lipinski definition) is 0. The molecule has 0 N–H and O–H groups in total. The summed E-state index contributed by atoms with van der Waals surface area (Å²) in [6, 6.07) is 14.4. The van der Waals surface area contributed by atoms with Gasteiger partial charge in [-0.05, 0) is 44.2 Å². The van der Waals surface area contributed by atoms with Gasteiger partial charge in [0.2, 0.25) is 0 Å². The van der Waals surface area contributed by atoms with Crippen molar-refractivity contribution in [3.8, 4) is 0 Å². The van der Waals surface area contributed by atoms with Crippen molar-refractivity contribution >= 4 is 33.3 Å². The van der Waals surface area contributed by atoms with Crippen molar-refractivity contribution in [2.24, 2.45) is 7.05 Å². The van der Waals surface area contributed by atoms with E-state index in [4.69, 9.17) is 0 Å². The molecular weight excluding hydrogens is 298 g/mol. The number of benzene rings is 2. The van der Waals surface area contributed by atoms with Crippen LogP contribution in [0, 0.1) is 13.8 Å². The third-order valence-corrected chi connectivity index (χ3v) is 4.51. The number of para-hydroxylation sites is 1. The van der Waals surface area contributed by atoms with Gasteiger partial charge < -0.3 is 4.90 Å². The molecule has 0 aliphatic carbocycles. The molecule has 0 saturated heterocycles. The van der Waals surface area contributed by atoms with Crippen LogP contribution in [0.25, 0.3) is 21.8 Å². The Kier molecular flexibility index (Phi) is 3.23. The Balaban J connectivity index is 1.88. The Morgan fingerprint density at radius 3 is 2.54 bits per heavy atom. The van der Waals surface area contributed by atoms with Gasteiger partial charge in [-0.3, -0.25) is 4.68 Å². The predicted octanol–water partition coefficient (Wildman–Crippen LogP) is 3.90. The van der Waals surface area contributed by atoms with Crippen molar-refractivity contribution in [3.05, 3.63) is 54.0 Å². The van der Waals surface area contributed by atoms with Gasteiger partial charge in [0, 0.05) is 36.2 Å². The number of hydrogen-bond acceptors (Lipinski definition) is 4. The van der Waals surface area contributed by atoms with Crippen molar-refractivity contribution in [3.63, 3.8) is 0 Å². The van der Waals surface area contributed by atoms with E-state index in [1.807, 2.05) is 43.9 Å². The maximum Gasteiger partial charge on any atom is 0.144 e. The molecule has 0 aliphatic rings. The second kappa shape index (κ2) is 5.30. The van der Waals surface area contributed by atoms with E-state index in [0.717, 1.165) is 33.7 Å². The molecule has 5 heteroatoms. The van der Waals surface area contributed by atoms with Gasteiger partial charge in [-0.15, -0.1) is 0 Å². The summed E-state index contributed by atoms with van der Waals surface area (Å²) in [5, 5.41) is 6.81. The van der Waals surface area contributed by atoms with Crippen molar-refractivity contribution in [2.45, 2.75) is 13.8 Å². The van der Waals surface area contributed by atoms with Crippen LogP contribution in [0.5, 0.6) is 0 Å². The molecule has 0 unspecified atom stereocenters. The first-order valence-electron chi connectivity index (χ1n) is 7.95. The molecule has 0 bridgehead atoms. The highest BCUT2D eigenvalue weighted by atomic mass is 15.3. The molecule has 0 atom stereocenters. The molecule has 0 amide bonds. The van der Waals surface area contributed by atoms with Gasteiger partial charge in [-0.1, -0.05) is 12.1 Å². The Morgan fingerprint density at radius 1 is 0.917 bits per heavy atom. The van der Waals surface area contributed by atoms with E-state index in [0.29, 0.717) is 0 Å². The first-order chi connectivity index (χ1) is 11.5. The number of aryl methyl sites for hydroxylation is 3. The first-order valence-corrected chi connectivity index (χ1v) is 7.95. The van der Waals surface area contributed by atoms with Crippen LogP contribution in [0.2, 0.25) is 0 Å². The van der Waals surface area contributed by atoms with Crippen LogP contribution >= 0.6 is 0 Å². The van der Waals surface area contributed by atoms with E-state index >= 15 is 0 Å². The lowest BCUT2D eigenvalue weighted by atomic mass is 10.1. The standard InChI is InChI=1S/C19H19N5/c1-12-15-10-9-14(11-18(15)22-24(12)4)23(3)19-16-7-5-6-8-17(16)20-13(2)21-19/h5-11H,1-4H3. The molecule has 4 rings (SSSR count). The molecular formula is C19H19N5. The average Bonchev–Trinajstić information content (AvgIpc) is 2.87. The fourth-order valence-corrected chi connectivity index (χ4v) is 3.08. The molecule has 120 valence electrons. The van der Waals surface area contributed by atoms with Crippen molar-refractivity contribution in [2.75, 3.05) is 11.9 Å². The van der Waals surface area contributed by atoms with E-state index in [1.54, 1.807) is 0 Å². The minimum atomic E-state index is 0.769. The fourth-order valence-electron chi connectivity index (χ4n) is 3.08. The topological polar surface area (TPSA) is 46.8 Å². The molecule has 2 heterocycles. The van der Waals surface area contributed by atoms with E-state index in [1.165, 1.54) is 11.1 Å². The van der Waals surface area contributed by atoms with Crippen LogP contribution in [0.15, 0.2) is 42.5 Å². The third kappa shape index (κ3) is 2.21. The smallest absolute Gasteiger partial charge is 0.144 e. The molecule has 0 radical (unpaired) electrons. The summed E-state index contributed by atoms with van der Waals surface area (Å²) in [4.78, 5) is 11.3. The highest BCUT2D eigenvalue weighted by Gasteiger charge is 2.13. The van der Waals surface area contributed by atoms with Crippen molar-refractivity contribution in [1.82, 2.24) is 19.7 Å². The van der Waals surface area contributed by atoms with Crippen LogP contribution in [0.1, 0.15) is 11.5 Å². The molecule has 2 aromatic carbocycles. The van der Waals surface area contributed by atoms with E-state index in [9.17, 15) is 0 Å². The molecule has 0 aliphatic heterocycles. The molecule has 0 saturated carbocycles. The van der Waals surface area contributed by atoms with Crippen LogP contribution in [-0.2, 0) is 7.05 Å². The van der Waals surface area contributed by atoms with Crippen molar-refractivity contribution < 1.29 is 0 Å². The average molecular weight is 317 g/mol. The molecule has 0 spiro atoms. The lowest BCUT2D eigenvalue weighted by molar-refractivity contribution is 0.751. The van der Waals surface area contributed by atoms with E-state index < -0.39 is 0 Å². The monoisotopic (exact) mass is 317 g/mol. The van der Waals surface area contributed by atoms with E-state index in [-0.39, 0.29) is 0 Å². The highest BCUT2D eigenvalue weighted by molar-refractivity contribution is 5.93. The van der Waals surface area contributed by atoms with Crippen LogP contribution in [0.3, 0.4) is 0 Å². The number of fused-ring (bicyclic) bond motifs is 2. The Hall–Kier alpha value is -2.95. The predicted molar refractivity (Wildman–Crippen MR) is 97.8 cm³/mol. The zero-order chi connectivity index (χ0) is 16.8. The number of anilines is 2. The van der Waals surface area contributed by atoms with Gasteiger partial charge in [0.15, 0.2) is 0 Å². The van der Waals surface area contributed by atoms with Gasteiger partial charge in [0.1, 0.15) is 11.6 Å². The zero-order valence-corrected chi connectivity index (χ0v) is 14.3. The van der Waals surface area contributed by atoms with Gasteiger partial charge in [-0.2, -0.15) is 5.10 Å². The normalized spacial score (nSPS) is 11.3. The summed E-state index contributed by atoms with van der Waals surface area (Å²) in [7, 11) is 4.01. The minimum Gasteiger partial charge on any atom is -0.329 e. The van der Waals surface area contributed by atoms with Crippen LogP contribution in [0.4, 0.5) is 11.5 Å². The fraction of sp³-hybridized carbons (Fsp3) is 0.211. The number of rotatable bonds is 2. The zero-order valence-electron chi connectivity index (χ0n) is 14.3. The summed E-state index contributed by atoms with van der Waals surface area (Å²) in [5.41, 5.74) is 4.18. The SMILES string of the molecule is Cc1nc(N(C)c2ccc3c(C)n(C)nc3c2)c2ccccc2n1. The van der Waals surface area contributed by atoms with Gasteiger partial charge in [0.25, 0.3) is 0 Å². The summed E-state index contributed by atoms with van der Waals surface area (Å²) in [6.07, 6.45) is 0. The molecule has 2 aromatic heterocycles. The Bertz CT molecular complexity index is 1060. The summed E-state index contributed by atoms with van der Waals surface area (Å²) < 4.78 is 1.92. The molecule has 0 fully saturated rings. The maximum atomic E-state index is 4.67. The lowest BCUT2D eigenvalue weighted by Crippen LogP contribution is -2.13. The maximum absolute atomic E-state index is 4.67. The second-order valence-corrected chi connectivity index (χ2v) is 6.08. The lowest BCUT2D eigenvalue weighted by Gasteiger charge is -2.20. The van der Waals surface area contributed by atoms with Gasteiger partial charge in [-0.25, -0.2) is 9.97 Å². The quantitative estimate of drug-likeness (QED) is 0.562. The largest absolute Gasteiger partial charge is 0.329 e. The minimum absolute atomic E-state index is 0.769. The first kappa shape index (κ1) is 14.6.